The van der Waals surface area contributed by atoms with Crippen LogP contribution in [0.4, 0.5) is 5.69 Å². The van der Waals surface area contributed by atoms with Crippen molar-refractivity contribution in [2.24, 2.45) is 23.7 Å². The zero-order chi connectivity index (χ0) is 14.7. The van der Waals surface area contributed by atoms with Crippen LogP contribution in [0.2, 0.25) is 0 Å². The van der Waals surface area contributed by atoms with E-state index in [9.17, 15) is 14.4 Å². The third-order valence-electron chi connectivity index (χ3n) is 4.73. The molecule has 1 aromatic rings. The number of hydrogen-bond acceptors (Lipinski definition) is 5. The third-order valence-corrected chi connectivity index (χ3v) is 5.61. The highest BCUT2D eigenvalue weighted by atomic mass is 32.1. The van der Waals surface area contributed by atoms with Gasteiger partial charge in [0.15, 0.2) is 0 Å². The Morgan fingerprint density at radius 1 is 1.24 bits per heavy atom. The molecule has 0 aromatic carbocycles. The molecule has 1 saturated carbocycles. The van der Waals surface area contributed by atoms with Crippen LogP contribution in [-0.2, 0) is 14.3 Å². The number of fused-ring (bicyclic) bond motifs is 5. The summed E-state index contributed by atoms with van der Waals surface area (Å²) >= 11 is 1.18. The third kappa shape index (κ3) is 1.53. The molecule has 1 aromatic heterocycles. The second kappa shape index (κ2) is 4.27. The molecule has 4 atom stereocenters. The van der Waals surface area contributed by atoms with E-state index in [1.807, 2.05) is 0 Å². The maximum atomic E-state index is 12.7. The number of rotatable bonds is 2. The lowest BCUT2D eigenvalue weighted by atomic mass is 9.85. The minimum Gasteiger partial charge on any atom is -0.465 e. The fourth-order valence-electron chi connectivity index (χ4n) is 3.86. The van der Waals surface area contributed by atoms with Crippen molar-refractivity contribution >= 4 is 34.8 Å². The molecule has 2 bridgehead atoms. The van der Waals surface area contributed by atoms with Gasteiger partial charge in [-0.15, -0.1) is 11.3 Å². The number of allylic oxidation sites excluding steroid dienone is 2. The zero-order valence-corrected chi connectivity index (χ0v) is 12.1. The van der Waals surface area contributed by atoms with Crippen LogP contribution in [-0.4, -0.2) is 24.9 Å². The lowest BCUT2D eigenvalue weighted by Gasteiger charge is -2.17. The van der Waals surface area contributed by atoms with Crippen molar-refractivity contribution in [3.63, 3.8) is 0 Å². The SMILES string of the molecule is COC(=O)c1sccc1N1C(=O)C2C3C=CC(C3)C2C1=O. The Balaban J connectivity index is 1.75. The van der Waals surface area contributed by atoms with Gasteiger partial charge in [0, 0.05) is 0 Å². The van der Waals surface area contributed by atoms with Gasteiger partial charge in [-0.2, -0.15) is 0 Å². The summed E-state index contributed by atoms with van der Waals surface area (Å²) in [5, 5.41) is 1.70. The molecule has 0 N–H and O–H groups in total. The normalized spacial score (nSPS) is 32.9. The highest BCUT2D eigenvalue weighted by Crippen LogP contribution is 2.53. The van der Waals surface area contributed by atoms with Crippen molar-refractivity contribution in [2.75, 3.05) is 12.0 Å². The molecule has 2 amide bonds. The number of anilines is 1. The van der Waals surface area contributed by atoms with Crippen molar-refractivity contribution in [3.8, 4) is 0 Å². The largest absolute Gasteiger partial charge is 0.465 e. The van der Waals surface area contributed by atoms with E-state index in [4.69, 9.17) is 4.74 Å². The fourth-order valence-corrected chi connectivity index (χ4v) is 4.66. The van der Waals surface area contributed by atoms with Crippen LogP contribution in [0, 0.1) is 23.7 Å². The first-order valence-corrected chi connectivity index (χ1v) is 7.73. The summed E-state index contributed by atoms with van der Waals surface area (Å²) in [7, 11) is 1.29. The Morgan fingerprint density at radius 2 is 1.86 bits per heavy atom. The Labute approximate surface area is 125 Å². The molecule has 6 heteroatoms. The average Bonchev–Trinajstić information content (AvgIpc) is 3.22. The molecule has 2 heterocycles. The van der Waals surface area contributed by atoms with Crippen LogP contribution in [0.1, 0.15) is 16.1 Å². The molecule has 0 spiro atoms. The van der Waals surface area contributed by atoms with Gasteiger partial charge in [0.1, 0.15) is 4.88 Å². The van der Waals surface area contributed by atoms with E-state index >= 15 is 0 Å². The first-order chi connectivity index (χ1) is 10.1. The van der Waals surface area contributed by atoms with E-state index in [0.29, 0.717) is 10.6 Å². The van der Waals surface area contributed by atoms with Crippen molar-refractivity contribution in [1.29, 1.82) is 0 Å². The fraction of sp³-hybridized carbons (Fsp3) is 0.400. The lowest BCUT2D eigenvalue weighted by molar-refractivity contribution is -0.123. The number of carbonyl (C=O) groups excluding carboxylic acids is 3. The summed E-state index contributed by atoms with van der Waals surface area (Å²) < 4.78 is 4.72. The first-order valence-electron chi connectivity index (χ1n) is 6.85. The Morgan fingerprint density at radius 3 is 2.43 bits per heavy atom. The first kappa shape index (κ1) is 12.8. The molecule has 21 heavy (non-hydrogen) atoms. The van der Waals surface area contributed by atoms with Crippen molar-refractivity contribution in [3.05, 3.63) is 28.5 Å². The molecule has 1 saturated heterocycles. The molecule has 4 rings (SSSR count). The van der Waals surface area contributed by atoms with Gasteiger partial charge in [-0.05, 0) is 29.7 Å². The van der Waals surface area contributed by atoms with Gasteiger partial charge in [0.2, 0.25) is 11.8 Å². The standard InChI is InChI=1S/C15H13NO4S/c1-20-15(19)12-9(4-5-21-12)16-13(17)10-7-2-3-8(6-7)11(10)14(16)18/h2-5,7-8,10-11H,6H2,1H3. The van der Waals surface area contributed by atoms with Gasteiger partial charge in [-0.3, -0.25) is 9.59 Å². The summed E-state index contributed by atoms with van der Waals surface area (Å²) in [6.07, 6.45) is 5.00. The lowest BCUT2D eigenvalue weighted by Crippen LogP contribution is -2.33. The van der Waals surface area contributed by atoms with Gasteiger partial charge in [-0.25, -0.2) is 9.69 Å². The van der Waals surface area contributed by atoms with E-state index in [-0.39, 0.29) is 35.5 Å². The molecule has 108 valence electrons. The molecule has 5 nitrogen and oxygen atoms in total. The van der Waals surface area contributed by atoms with E-state index < -0.39 is 5.97 Å². The molecular weight excluding hydrogens is 290 g/mol. The Kier molecular flexibility index (Phi) is 2.60. The summed E-state index contributed by atoms with van der Waals surface area (Å²) in [5.74, 6) is -1.03. The minimum absolute atomic E-state index is 0.168. The maximum absolute atomic E-state index is 12.7. The van der Waals surface area contributed by atoms with Crippen molar-refractivity contribution in [2.45, 2.75) is 6.42 Å². The van der Waals surface area contributed by atoms with Crippen LogP contribution < -0.4 is 4.90 Å². The number of hydrogen-bond donors (Lipinski definition) is 0. The summed E-state index contributed by atoms with van der Waals surface area (Å²) in [6.45, 7) is 0. The van der Waals surface area contributed by atoms with E-state index in [2.05, 4.69) is 12.2 Å². The van der Waals surface area contributed by atoms with Gasteiger partial charge in [-0.1, -0.05) is 12.2 Å². The second-order valence-electron chi connectivity index (χ2n) is 5.64. The van der Waals surface area contributed by atoms with Crippen LogP contribution >= 0.6 is 11.3 Å². The number of esters is 1. The average molecular weight is 303 g/mol. The number of imide groups is 1. The van der Waals surface area contributed by atoms with Gasteiger partial charge in [0.05, 0.1) is 24.6 Å². The van der Waals surface area contributed by atoms with Gasteiger partial charge in [0.25, 0.3) is 0 Å². The van der Waals surface area contributed by atoms with Crippen LogP contribution in [0.15, 0.2) is 23.6 Å². The molecule has 0 radical (unpaired) electrons. The van der Waals surface area contributed by atoms with E-state index in [1.54, 1.807) is 11.4 Å². The molecular formula is C15H13NO4S. The molecule has 2 aliphatic carbocycles. The maximum Gasteiger partial charge on any atom is 0.350 e. The van der Waals surface area contributed by atoms with Crippen LogP contribution in [0.25, 0.3) is 0 Å². The quantitative estimate of drug-likeness (QED) is 0.475. The number of nitrogens with zero attached hydrogens (tertiary/aromatic N) is 1. The molecule has 4 unspecified atom stereocenters. The van der Waals surface area contributed by atoms with Crippen LogP contribution in [0.5, 0.6) is 0 Å². The molecule has 3 aliphatic rings. The van der Waals surface area contributed by atoms with Gasteiger partial charge < -0.3 is 4.74 Å². The summed E-state index contributed by atoms with van der Waals surface area (Å²) in [5.41, 5.74) is 0.371. The summed E-state index contributed by atoms with van der Waals surface area (Å²) in [6, 6.07) is 1.64. The number of ether oxygens (including phenoxy) is 1. The highest BCUT2D eigenvalue weighted by molar-refractivity contribution is 7.12. The summed E-state index contributed by atoms with van der Waals surface area (Å²) in [4.78, 5) is 38.6. The second-order valence-corrected chi connectivity index (χ2v) is 6.55. The smallest absolute Gasteiger partial charge is 0.350 e. The van der Waals surface area contributed by atoms with E-state index in [0.717, 1.165) is 6.42 Å². The number of thiophene rings is 1. The molecule has 1 aliphatic heterocycles. The number of carbonyl (C=O) groups is 3. The predicted octanol–water partition coefficient (Wildman–Crippen LogP) is 1.85. The van der Waals surface area contributed by atoms with Crippen LogP contribution in [0.3, 0.4) is 0 Å². The zero-order valence-electron chi connectivity index (χ0n) is 11.3. The van der Waals surface area contributed by atoms with E-state index in [1.165, 1.54) is 23.3 Å². The van der Waals surface area contributed by atoms with Crippen molar-refractivity contribution < 1.29 is 19.1 Å². The van der Waals surface area contributed by atoms with Crippen molar-refractivity contribution in [1.82, 2.24) is 0 Å². The Bertz CT molecular complexity index is 662. The minimum atomic E-state index is -0.515. The monoisotopic (exact) mass is 303 g/mol. The number of amides is 2. The highest BCUT2D eigenvalue weighted by Gasteiger charge is 2.60. The van der Waals surface area contributed by atoms with Gasteiger partial charge >= 0.3 is 5.97 Å². The molecule has 2 fully saturated rings. The topological polar surface area (TPSA) is 63.7 Å². The Hall–Kier alpha value is -1.95. The predicted molar refractivity (Wildman–Crippen MR) is 75.9 cm³/mol. The number of methoxy groups -OCH3 is 1.